The van der Waals surface area contributed by atoms with Crippen molar-refractivity contribution in [3.05, 3.63) is 23.8 Å². The van der Waals surface area contributed by atoms with E-state index in [-0.39, 0.29) is 16.2 Å². The molecule has 0 aliphatic heterocycles. The van der Waals surface area contributed by atoms with Crippen LogP contribution in [0, 0.1) is 0 Å². The Morgan fingerprint density at radius 1 is 1.48 bits per heavy atom. The number of primary amides is 1. The zero-order valence-electron chi connectivity index (χ0n) is 10.9. The molecule has 0 spiro atoms. The first kappa shape index (κ1) is 17.3. The maximum Gasteiger partial charge on any atom is 0.265 e. The van der Waals surface area contributed by atoms with E-state index in [4.69, 9.17) is 15.6 Å². The highest BCUT2D eigenvalue weighted by atomic mass is 32.2. The van der Waals surface area contributed by atoms with Gasteiger partial charge in [-0.3, -0.25) is 4.79 Å². The molecule has 0 fully saturated rings. The molecule has 0 radical (unpaired) electrons. The van der Waals surface area contributed by atoms with E-state index >= 15 is 0 Å². The van der Waals surface area contributed by atoms with Crippen molar-refractivity contribution in [1.29, 1.82) is 0 Å². The van der Waals surface area contributed by atoms with Crippen molar-refractivity contribution in [3.63, 3.8) is 0 Å². The van der Waals surface area contributed by atoms with Gasteiger partial charge in [-0.2, -0.15) is 0 Å². The van der Waals surface area contributed by atoms with E-state index in [9.17, 15) is 22.0 Å². The van der Waals surface area contributed by atoms with Crippen LogP contribution in [0.3, 0.4) is 0 Å². The average molecular weight is 324 g/mol. The van der Waals surface area contributed by atoms with Gasteiger partial charge in [-0.1, -0.05) is 0 Å². The fraction of sp³-hybridized carbons (Fsp3) is 0.364. The molecule has 0 aromatic heterocycles. The minimum atomic E-state index is -4.18. The lowest BCUT2D eigenvalue weighted by Crippen LogP contribution is -2.35. The van der Waals surface area contributed by atoms with E-state index in [1.54, 1.807) is 0 Å². The molecule has 1 atom stereocenters. The number of hydrogen-bond donors (Lipinski definition) is 3. The number of ether oxygens (including phenoxy) is 1. The topological polar surface area (TPSA) is 119 Å². The second-order valence-electron chi connectivity index (χ2n) is 3.98. The van der Waals surface area contributed by atoms with Crippen LogP contribution >= 0.6 is 0 Å². The van der Waals surface area contributed by atoms with E-state index in [2.05, 4.69) is 0 Å². The van der Waals surface area contributed by atoms with Gasteiger partial charge in [0.15, 0.2) is 0 Å². The lowest BCUT2D eigenvalue weighted by Gasteiger charge is -2.12. The van der Waals surface area contributed by atoms with Crippen LogP contribution in [0.4, 0.5) is 8.78 Å². The molecule has 118 valence electrons. The summed E-state index contributed by atoms with van der Waals surface area (Å²) in [7, 11) is -2.91. The number of aliphatic hydroxyl groups excluding tert-OH is 1. The maximum atomic E-state index is 12.1. The third kappa shape index (κ3) is 4.34. The molecular formula is C11H14F2N2O5S. The van der Waals surface area contributed by atoms with Gasteiger partial charge in [0.25, 0.3) is 12.3 Å². The second kappa shape index (κ2) is 6.78. The Kier molecular flexibility index (Phi) is 5.58. The van der Waals surface area contributed by atoms with Crippen molar-refractivity contribution < 1.29 is 31.8 Å². The molecule has 21 heavy (non-hydrogen) atoms. The van der Waals surface area contributed by atoms with Crippen LogP contribution in [0.15, 0.2) is 23.1 Å². The highest BCUT2D eigenvalue weighted by Gasteiger charge is 2.22. The Bertz CT molecular complexity index is 621. The fourth-order valence-corrected chi connectivity index (χ4v) is 2.49. The Morgan fingerprint density at radius 3 is 2.57 bits per heavy atom. The van der Waals surface area contributed by atoms with E-state index in [1.165, 1.54) is 13.2 Å². The van der Waals surface area contributed by atoms with Gasteiger partial charge in [0, 0.05) is 6.54 Å². The predicted molar refractivity (Wildman–Crippen MR) is 68.7 cm³/mol. The summed E-state index contributed by atoms with van der Waals surface area (Å²) < 4.78 is 54.6. The first-order valence-corrected chi connectivity index (χ1v) is 7.11. The third-order valence-electron chi connectivity index (χ3n) is 2.52. The molecule has 0 saturated heterocycles. The van der Waals surface area contributed by atoms with Crippen LogP contribution in [-0.2, 0) is 10.0 Å². The number of sulfonamides is 1. The molecule has 1 rings (SSSR count). The Hall–Kier alpha value is -1.78. The van der Waals surface area contributed by atoms with Gasteiger partial charge in [-0.15, -0.1) is 0 Å². The fourth-order valence-electron chi connectivity index (χ4n) is 1.41. The minimum absolute atomic E-state index is 0.0778. The molecule has 0 saturated carbocycles. The van der Waals surface area contributed by atoms with Crippen molar-refractivity contribution in [1.82, 2.24) is 4.72 Å². The molecule has 10 heteroatoms. The Labute approximate surface area is 119 Å². The number of rotatable bonds is 7. The number of halogens is 2. The summed E-state index contributed by atoms with van der Waals surface area (Å²) in [5.74, 6) is -0.828. The number of benzene rings is 1. The lowest BCUT2D eigenvalue weighted by molar-refractivity contribution is -0.000451. The van der Waals surface area contributed by atoms with Crippen molar-refractivity contribution in [2.75, 3.05) is 13.7 Å². The molecule has 0 aliphatic rings. The SMILES string of the molecule is COc1ccc(S(=O)(=O)NCC(O)C(F)F)cc1C(N)=O. The Morgan fingerprint density at radius 2 is 2.10 bits per heavy atom. The Balaban J connectivity index is 3.04. The molecule has 0 heterocycles. The first-order valence-electron chi connectivity index (χ1n) is 5.62. The van der Waals surface area contributed by atoms with Gasteiger partial charge in [-0.05, 0) is 18.2 Å². The molecule has 1 aromatic rings. The monoisotopic (exact) mass is 324 g/mol. The van der Waals surface area contributed by atoms with Crippen LogP contribution in [0.25, 0.3) is 0 Å². The van der Waals surface area contributed by atoms with Crippen molar-refractivity contribution in [2.24, 2.45) is 5.73 Å². The van der Waals surface area contributed by atoms with Gasteiger partial charge in [-0.25, -0.2) is 21.9 Å². The van der Waals surface area contributed by atoms with E-state index < -0.39 is 35.0 Å². The largest absolute Gasteiger partial charge is 0.496 e. The number of carbonyl (C=O) groups excluding carboxylic acids is 1. The quantitative estimate of drug-likeness (QED) is 0.636. The van der Waals surface area contributed by atoms with Crippen LogP contribution < -0.4 is 15.2 Å². The second-order valence-corrected chi connectivity index (χ2v) is 5.75. The smallest absolute Gasteiger partial charge is 0.265 e. The highest BCUT2D eigenvalue weighted by molar-refractivity contribution is 7.89. The molecule has 0 aliphatic carbocycles. The molecule has 0 bridgehead atoms. The number of methoxy groups -OCH3 is 1. The zero-order chi connectivity index (χ0) is 16.2. The van der Waals surface area contributed by atoms with Gasteiger partial charge < -0.3 is 15.6 Å². The molecule has 1 unspecified atom stereocenters. The lowest BCUT2D eigenvalue weighted by atomic mass is 10.2. The zero-order valence-corrected chi connectivity index (χ0v) is 11.7. The number of nitrogens with one attached hydrogen (secondary N) is 1. The predicted octanol–water partition coefficient (Wildman–Crippen LogP) is -0.302. The van der Waals surface area contributed by atoms with Crippen molar-refractivity contribution in [2.45, 2.75) is 17.4 Å². The summed E-state index contributed by atoms with van der Waals surface area (Å²) in [4.78, 5) is 10.8. The van der Waals surface area contributed by atoms with E-state index in [0.29, 0.717) is 0 Å². The number of nitrogens with two attached hydrogens (primary N) is 1. The van der Waals surface area contributed by atoms with Crippen LogP contribution in [0.1, 0.15) is 10.4 Å². The van der Waals surface area contributed by atoms with Crippen molar-refractivity contribution >= 4 is 15.9 Å². The molecule has 1 aromatic carbocycles. The van der Waals surface area contributed by atoms with Gasteiger partial charge in [0.2, 0.25) is 10.0 Å². The van der Waals surface area contributed by atoms with Gasteiger partial charge in [0.1, 0.15) is 11.9 Å². The summed E-state index contributed by atoms with van der Waals surface area (Å²) in [6.45, 7) is -0.863. The number of carbonyl (C=O) groups is 1. The van der Waals surface area contributed by atoms with Crippen molar-refractivity contribution in [3.8, 4) is 5.75 Å². The average Bonchev–Trinajstić information content (AvgIpc) is 2.43. The molecular weight excluding hydrogens is 310 g/mol. The van der Waals surface area contributed by atoms with Crippen LogP contribution in [-0.4, -0.2) is 45.6 Å². The number of hydrogen-bond acceptors (Lipinski definition) is 5. The van der Waals surface area contributed by atoms with E-state index in [1.807, 2.05) is 4.72 Å². The summed E-state index contributed by atoms with van der Waals surface area (Å²) in [6, 6.07) is 3.28. The summed E-state index contributed by atoms with van der Waals surface area (Å²) in [6.07, 6.45) is -5.21. The molecule has 7 nitrogen and oxygen atoms in total. The minimum Gasteiger partial charge on any atom is -0.496 e. The maximum absolute atomic E-state index is 12.1. The summed E-state index contributed by atoms with van der Waals surface area (Å²) in [5.41, 5.74) is 4.92. The number of alkyl halides is 2. The highest BCUT2D eigenvalue weighted by Crippen LogP contribution is 2.22. The molecule has 4 N–H and O–H groups in total. The first-order chi connectivity index (χ1) is 9.69. The van der Waals surface area contributed by atoms with Crippen LogP contribution in [0.2, 0.25) is 0 Å². The summed E-state index contributed by atoms with van der Waals surface area (Å²) in [5, 5.41) is 8.89. The molecule has 1 amide bonds. The standard InChI is InChI=1S/C11H14F2N2O5S/c1-20-9-3-2-6(4-7(9)11(14)17)21(18,19)15-5-8(16)10(12)13/h2-4,8,10,15-16H,5H2,1H3,(H2,14,17). The van der Waals surface area contributed by atoms with Gasteiger partial charge >= 0.3 is 0 Å². The summed E-state index contributed by atoms with van der Waals surface area (Å²) >= 11 is 0. The normalized spacial score (nSPS) is 13.2. The number of aliphatic hydroxyl groups is 1. The van der Waals surface area contributed by atoms with Crippen LogP contribution in [0.5, 0.6) is 5.75 Å². The number of amides is 1. The third-order valence-corrected chi connectivity index (χ3v) is 3.94. The van der Waals surface area contributed by atoms with Gasteiger partial charge in [0.05, 0.1) is 17.6 Å². The van der Waals surface area contributed by atoms with E-state index in [0.717, 1.165) is 12.1 Å².